The van der Waals surface area contributed by atoms with Crippen LogP contribution < -0.4 is 5.32 Å². The van der Waals surface area contributed by atoms with Crippen LogP contribution in [0.5, 0.6) is 0 Å². The summed E-state index contributed by atoms with van der Waals surface area (Å²) in [5.41, 5.74) is 0. The third-order valence-corrected chi connectivity index (χ3v) is 2.40. The molecule has 1 rings (SSSR count). The SMILES string of the molecule is CC(CC(=O)O)CC(=O)N[C@@H](C)c1ccco1. The first-order valence-electron chi connectivity index (χ1n) is 5.53. The lowest BCUT2D eigenvalue weighted by molar-refractivity contribution is -0.138. The van der Waals surface area contributed by atoms with Gasteiger partial charge in [0.15, 0.2) is 0 Å². The number of carboxylic acid groups (broad SMARTS) is 1. The van der Waals surface area contributed by atoms with Gasteiger partial charge >= 0.3 is 5.97 Å². The Hall–Kier alpha value is -1.78. The maximum absolute atomic E-state index is 11.6. The summed E-state index contributed by atoms with van der Waals surface area (Å²) in [6, 6.07) is 3.34. The summed E-state index contributed by atoms with van der Waals surface area (Å²) in [4.78, 5) is 22.0. The highest BCUT2D eigenvalue weighted by molar-refractivity contribution is 5.77. The van der Waals surface area contributed by atoms with E-state index in [9.17, 15) is 9.59 Å². The minimum Gasteiger partial charge on any atom is -0.481 e. The van der Waals surface area contributed by atoms with E-state index in [2.05, 4.69) is 5.32 Å². The Morgan fingerprint density at radius 2 is 2.12 bits per heavy atom. The lowest BCUT2D eigenvalue weighted by Crippen LogP contribution is -2.28. The van der Waals surface area contributed by atoms with Gasteiger partial charge in [-0.15, -0.1) is 0 Å². The zero-order chi connectivity index (χ0) is 12.8. The fourth-order valence-corrected chi connectivity index (χ4v) is 1.60. The Labute approximate surface area is 99.8 Å². The molecule has 94 valence electrons. The quantitative estimate of drug-likeness (QED) is 0.795. The number of amides is 1. The van der Waals surface area contributed by atoms with Gasteiger partial charge in [-0.05, 0) is 25.0 Å². The normalized spacial score (nSPS) is 14.0. The Morgan fingerprint density at radius 3 is 2.65 bits per heavy atom. The van der Waals surface area contributed by atoms with Crippen LogP contribution in [0.15, 0.2) is 22.8 Å². The molecule has 0 radical (unpaired) electrons. The smallest absolute Gasteiger partial charge is 0.303 e. The van der Waals surface area contributed by atoms with Crippen LogP contribution in [0.1, 0.15) is 38.5 Å². The molecule has 1 amide bonds. The van der Waals surface area contributed by atoms with Crippen LogP contribution in [-0.2, 0) is 9.59 Å². The first-order valence-corrected chi connectivity index (χ1v) is 5.53. The Bertz CT molecular complexity index is 372. The first kappa shape index (κ1) is 13.3. The third kappa shape index (κ3) is 4.72. The van der Waals surface area contributed by atoms with Crippen molar-refractivity contribution in [3.8, 4) is 0 Å². The molecule has 0 bridgehead atoms. The van der Waals surface area contributed by atoms with Crippen molar-refractivity contribution in [2.24, 2.45) is 5.92 Å². The molecule has 0 spiro atoms. The van der Waals surface area contributed by atoms with Gasteiger partial charge in [0.25, 0.3) is 0 Å². The fraction of sp³-hybridized carbons (Fsp3) is 0.500. The molecule has 0 aromatic carbocycles. The van der Waals surface area contributed by atoms with Crippen molar-refractivity contribution in [2.45, 2.75) is 32.7 Å². The van der Waals surface area contributed by atoms with Gasteiger partial charge in [0.2, 0.25) is 5.91 Å². The average molecular weight is 239 g/mol. The Balaban J connectivity index is 2.37. The highest BCUT2D eigenvalue weighted by Crippen LogP contribution is 2.14. The second kappa shape index (κ2) is 6.08. The van der Waals surface area contributed by atoms with E-state index in [0.29, 0.717) is 5.76 Å². The van der Waals surface area contributed by atoms with Crippen LogP contribution in [0.4, 0.5) is 0 Å². The summed E-state index contributed by atoms with van der Waals surface area (Å²) in [5, 5.41) is 11.3. The van der Waals surface area contributed by atoms with Crippen LogP contribution in [-0.4, -0.2) is 17.0 Å². The highest BCUT2D eigenvalue weighted by atomic mass is 16.4. The number of nitrogens with one attached hydrogen (secondary N) is 1. The van der Waals surface area contributed by atoms with Crippen LogP contribution in [0.2, 0.25) is 0 Å². The summed E-state index contributed by atoms with van der Waals surface area (Å²) in [6.07, 6.45) is 1.75. The molecule has 0 saturated carbocycles. The van der Waals surface area contributed by atoms with Gasteiger partial charge in [-0.2, -0.15) is 0 Å². The minimum atomic E-state index is -0.885. The molecule has 0 aliphatic carbocycles. The predicted molar refractivity (Wildman–Crippen MR) is 61.3 cm³/mol. The Morgan fingerprint density at radius 1 is 1.41 bits per heavy atom. The number of aliphatic carboxylic acids is 1. The molecule has 0 aliphatic rings. The van der Waals surface area contributed by atoms with E-state index in [1.807, 2.05) is 6.92 Å². The lowest BCUT2D eigenvalue weighted by Gasteiger charge is -2.13. The van der Waals surface area contributed by atoms with Gasteiger partial charge in [-0.3, -0.25) is 9.59 Å². The molecular weight excluding hydrogens is 222 g/mol. The van der Waals surface area contributed by atoms with Gasteiger partial charge in [0.05, 0.1) is 12.3 Å². The van der Waals surface area contributed by atoms with E-state index in [0.717, 1.165) is 0 Å². The molecule has 2 N–H and O–H groups in total. The number of hydrogen-bond acceptors (Lipinski definition) is 3. The molecule has 5 heteroatoms. The first-order chi connectivity index (χ1) is 7.99. The molecule has 2 atom stereocenters. The van der Waals surface area contributed by atoms with Crippen molar-refractivity contribution in [3.05, 3.63) is 24.2 Å². The van der Waals surface area contributed by atoms with Gasteiger partial charge in [-0.1, -0.05) is 6.92 Å². The molecule has 17 heavy (non-hydrogen) atoms. The van der Waals surface area contributed by atoms with Crippen molar-refractivity contribution >= 4 is 11.9 Å². The van der Waals surface area contributed by atoms with Crippen LogP contribution >= 0.6 is 0 Å². The van der Waals surface area contributed by atoms with E-state index in [1.165, 1.54) is 0 Å². The summed E-state index contributed by atoms with van der Waals surface area (Å²) >= 11 is 0. The van der Waals surface area contributed by atoms with Gasteiger partial charge in [0, 0.05) is 12.8 Å². The van der Waals surface area contributed by atoms with E-state index in [4.69, 9.17) is 9.52 Å². The topological polar surface area (TPSA) is 79.5 Å². The number of rotatable bonds is 6. The molecule has 5 nitrogen and oxygen atoms in total. The largest absolute Gasteiger partial charge is 0.481 e. The number of carbonyl (C=O) groups is 2. The number of carboxylic acids is 1. The predicted octanol–water partition coefficient (Wildman–Crippen LogP) is 1.96. The number of furan rings is 1. The van der Waals surface area contributed by atoms with Gasteiger partial charge in [0.1, 0.15) is 5.76 Å². The van der Waals surface area contributed by atoms with Gasteiger partial charge < -0.3 is 14.8 Å². The molecular formula is C12H17NO4. The van der Waals surface area contributed by atoms with Crippen molar-refractivity contribution < 1.29 is 19.1 Å². The number of hydrogen-bond donors (Lipinski definition) is 2. The maximum Gasteiger partial charge on any atom is 0.303 e. The molecule has 1 aromatic rings. The van der Waals surface area contributed by atoms with E-state index in [1.54, 1.807) is 25.3 Å². The van der Waals surface area contributed by atoms with Crippen molar-refractivity contribution in [1.82, 2.24) is 5.32 Å². The second-order valence-corrected chi connectivity index (χ2v) is 4.21. The van der Waals surface area contributed by atoms with E-state index in [-0.39, 0.29) is 30.7 Å². The Kier molecular flexibility index (Phi) is 4.75. The molecule has 0 fully saturated rings. The van der Waals surface area contributed by atoms with Crippen molar-refractivity contribution in [2.75, 3.05) is 0 Å². The van der Waals surface area contributed by atoms with Crippen LogP contribution in [0.3, 0.4) is 0 Å². The molecule has 1 aromatic heterocycles. The van der Waals surface area contributed by atoms with Crippen molar-refractivity contribution in [1.29, 1.82) is 0 Å². The summed E-state index contributed by atoms with van der Waals surface area (Å²) in [7, 11) is 0. The van der Waals surface area contributed by atoms with E-state index >= 15 is 0 Å². The third-order valence-electron chi connectivity index (χ3n) is 2.40. The van der Waals surface area contributed by atoms with Crippen molar-refractivity contribution in [3.63, 3.8) is 0 Å². The van der Waals surface area contributed by atoms with Crippen LogP contribution in [0, 0.1) is 5.92 Å². The van der Waals surface area contributed by atoms with E-state index < -0.39 is 5.97 Å². The lowest BCUT2D eigenvalue weighted by atomic mass is 10.0. The van der Waals surface area contributed by atoms with Gasteiger partial charge in [-0.25, -0.2) is 0 Å². The minimum absolute atomic E-state index is 0.00253. The zero-order valence-corrected chi connectivity index (χ0v) is 9.97. The number of carbonyl (C=O) groups excluding carboxylic acids is 1. The molecule has 1 heterocycles. The molecule has 1 unspecified atom stereocenters. The standard InChI is InChI=1S/C12H17NO4/c1-8(7-12(15)16)6-11(14)13-9(2)10-4-3-5-17-10/h3-5,8-9H,6-7H2,1-2H3,(H,13,14)(H,15,16)/t8?,9-/m0/s1. The molecule has 0 saturated heterocycles. The van der Waals surface area contributed by atoms with Crippen LogP contribution in [0.25, 0.3) is 0 Å². The fourth-order valence-electron chi connectivity index (χ4n) is 1.60. The summed E-state index contributed by atoms with van der Waals surface area (Å²) in [6.45, 7) is 3.56. The summed E-state index contributed by atoms with van der Waals surface area (Å²) in [5.74, 6) is -0.535. The summed E-state index contributed by atoms with van der Waals surface area (Å²) < 4.78 is 5.16. The maximum atomic E-state index is 11.6. The average Bonchev–Trinajstić information content (AvgIpc) is 2.67. The molecule has 0 aliphatic heterocycles. The monoisotopic (exact) mass is 239 g/mol. The zero-order valence-electron chi connectivity index (χ0n) is 9.97. The second-order valence-electron chi connectivity index (χ2n) is 4.21. The highest BCUT2D eigenvalue weighted by Gasteiger charge is 2.16.